The van der Waals surface area contributed by atoms with Crippen molar-refractivity contribution in [1.82, 2.24) is 4.90 Å². The number of hydrogen-bond donors (Lipinski definition) is 1. The van der Waals surface area contributed by atoms with Crippen molar-refractivity contribution in [3.8, 4) is 5.75 Å². The maximum absolute atomic E-state index is 12.0. The van der Waals surface area contributed by atoms with Gasteiger partial charge in [-0.05, 0) is 31.4 Å². The van der Waals surface area contributed by atoms with E-state index in [1.807, 2.05) is 31.2 Å². The highest BCUT2D eigenvalue weighted by Crippen LogP contribution is 2.18. The first-order valence-corrected chi connectivity index (χ1v) is 7.27. The van der Waals surface area contributed by atoms with Crippen LogP contribution in [0.1, 0.15) is 24.8 Å². The van der Waals surface area contributed by atoms with Crippen LogP contribution in [0.15, 0.2) is 24.3 Å². The largest absolute Gasteiger partial charge is 0.493 e. The second-order valence-corrected chi connectivity index (χ2v) is 5.38. The summed E-state index contributed by atoms with van der Waals surface area (Å²) in [5.41, 5.74) is 1.08. The third kappa shape index (κ3) is 4.91. The molecule has 0 radical (unpaired) electrons. The highest BCUT2D eigenvalue weighted by Gasteiger charge is 2.30. The fourth-order valence-corrected chi connectivity index (χ4v) is 2.47. The van der Waals surface area contributed by atoms with Gasteiger partial charge < -0.3 is 14.7 Å². The van der Waals surface area contributed by atoms with Gasteiger partial charge in [0.05, 0.1) is 12.5 Å². The summed E-state index contributed by atoms with van der Waals surface area (Å²) in [5.74, 6) is -0.352. The van der Waals surface area contributed by atoms with Gasteiger partial charge >= 0.3 is 5.97 Å². The Balaban J connectivity index is 0.00000242. The molecule has 1 aromatic rings. The lowest BCUT2D eigenvalue weighted by atomic mass is 10.1. The van der Waals surface area contributed by atoms with E-state index in [0.717, 1.165) is 11.3 Å². The average molecular weight is 328 g/mol. The number of aliphatic carboxylic acids is 1. The number of carbonyl (C=O) groups excluding carboxylic acids is 1. The summed E-state index contributed by atoms with van der Waals surface area (Å²) >= 11 is 0. The van der Waals surface area contributed by atoms with Crippen molar-refractivity contribution >= 4 is 24.3 Å². The molecule has 0 spiro atoms. The topological polar surface area (TPSA) is 66.8 Å². The van der Waals surface area contributed by atoms with Gasteiger partial charge in [0, 0.05) is 19.5 Å². The van der Waals surface area contributed by atoms with Gasteiger partial charge in [0.15, 0.2) is 0 Å². The van der Waals surface area contributed by atoms with E-state index in [1.54, 1.807) is 4.90 Å². The number of rotatable bonds is 6. The Hall–Kier alpha value is -1.75. The minimum Gasteiger partial charge on any atom is -0.493 e. The molecule has 22 heavy (non-hydrogen) atoms. The molecule has 0 aliphatic carbocycles. The summed E-state index contributed by atoms with van der Waals surface area (Å²) in [6, 6.07) is 7.77. The number of benzene rings is 1. The lowest BCUT2D eigenvalue weighted by molar-refractivity contribution is -0.141. The Bertz CT molecular complexity index is 521. The molecule has 1 heterocycles. The van der Waals surface area contributed by atoms with E-state index in [-0.39, 0.29) is 18.3 Å². The SMILES string of the molecule is Cc1ccccc1OCCCC(=O)N1CCC(C(=O)O)C1.Cl. The fraction of sp³-hybridized carbons (Fsp3) is 0.500. The molecule has 6 heteroatoms. The summed E-state index contributed by atoms with van der Waals surface area (Å²) in [7, 11) is 0. The van der Waals surface area contributed by atoms with E-state index >= 15 is 0 Å². The smallest absolute Gasteiger partial charge is 0.308 e. The second kappa shape index (κ2) is 8.63. The number of ether oxygens (including phenoxy) is 1. The lowest BCUT2D eigenvalue weighted by Gasteiger charge is -2.16. The number of aryl methyl sites for hydroxylation is 1. The van der Waals surface area contributed by atoms with Crippen LogP contribution in [0.25, 0.3) is 0 Å². The first-order chi connectivity index (χ1) is 10.1. The highest BCUT2D eigenvalue weighted by atomic mass is 35.5. The molecule has 0 bridgehead atoms. The Morgan fingerprint density at radius 2 is 2.09 bits per heavy atom. The van der Waals surface area contributed by atoms with Crippen molar-refractivity contribution in [1.29, 1.82) is 0 Å². The molecule has 1 aliphatic rings. The Kier molecular flexibility index (Phi) is 7.18. The zero-order chi connectivity index (χ0) is 15.2. The van der Waals surface area contributed by atoms with Gasteiger partial charge in [-0.25, -0.2) is 0 Å². The Morgan fingerprint density at radius 1 is 1.36 bits per heavy atom. The van der Waals surface area contributed by atoms with Gasteiger partial charge in [0.25, 0.3) is 0 Å². The van der Waals surface area contributed by atoms with Crippen molar-refractivity contribution in [3.05, 3.63) is 29.8 Å². The molecule has 1 N–H and O–H groups in total. The van der Waals surface area contributed by atoms with Crippen LogP contribution in [-0.2, 0) is 9.59 Å². The molecule has 1 aliphatic heterocycles. The molecule has 1 atom stereocenters. The van der Waals surface area contributed by atoms with Gasteiger partial charge in [0.2, 0.25) is 5.91 Å². The quantitative estimate of drug-likeness (QED) is 0.815. The molecule has 1 amide bonds. The Morgan fingerprint density at radius 3 is 2.73 bits per heavy atom. The standard InChI is InChI=1S/C16H21NO4.ClH/c1-12-5-2-3-6-14(12)21-10-4-7-15(18)17-9-8-13(11-17)16(19)20;/h2-3,5-6,13H,4,7-11H2,1H3,(H,19,20);1H. The van der Waals surface area contributed by atoms with Crippen LogP contribution < -0.4 is 4.74 Å². The summed E-state index contributed by atoms with van der Waals surface area (Å²) in [6.07, 6.45) is 1.60. The van der Waals surface area contributed by atoms with Crippen molar-refractivity contribution in [2.75, 3.05) is 19.7 Å². The molecule has 1 saturated heterocycles. The molecule has 0 aromatic heterocycles. The van der Waals surface area contributed by atoms with Crippen LogP contribution in [0.3, 0.4) is 0 Å². The summed E-state index contributed by atoms with van der Waals surface area (Å²) in [4.78, 5) is 24.5. The number of halogens is 1. The zero-order valence-electron chi connectivity index (χ0n) is 12.7. The third-order valence-corrected chi connectivity index (χ3v) is 3.78. The summed E-state index contributed by atoms with van der Waals surface area (Å²) < 4.78 is 5.64. The monoisotopic (exact) mass is 327 g/mol. The van der Waals surface area contributed by atoms with Gasteiger partial charge in [-0.3, -0.25) is 9.59 Å². The fourth-order valence-electron chi connectivity index (χ4n) is 2.47. The molecule has 2 rings (SSSR count). The second-order valence-electron chi connectivity index (χ2n) is 5.38. The molecule has 1 aromatic carbocycles. The molecule has 0 saturated carbocycles. The first kappa shape index (κ1) is 18.3. The van der Waals surface area contributed by atoms with E-state index in [4.69, 9.17) is 9.84 Å². The highest BCUT2D eigenvalue weighted by molar-refractivity contribution is 5.85. The van der Waals surface area contributed by atoms with Crippen LogP contribution in [0.4, 0.5) is 0 Å². The Labute approximate surface area is 136 Å². The maximum Gasteiger partial charge on any atom is 0.308 e. The lowest BCUT2D eigenvalue weighted by Crippen LogP contribution is -2.30. The average Bonchev–Trinajstić information content (AvgIpc) is 2.95. The van der Waals surface area contributed by atoms with Gasteiger partial charge in [-0.1, -0.05) is 18.2 Å². The van der Waals surface area contributed by atoms with Crippen LogP contribution in [0.5, 0.6) is 5.75 Å². The molecular formula is C16H22ClNO4. The van der Waals surface area contributed by atoms with Crippen LogP contribution in [-0.4, -0.2) is 41.6 Å². The summed E-state index contributed by atoms with van der Waals surface area (Å²) in [5, 5.41) is 8.92. The number of carboxylic acids is 1. The maximum atomic E-state index is 12.0. The normalized spacial score (nSPS) is 17.0. The molecular weight excluding hydrogens is 306 g/mol. The van der Waals surface area contributed by atoms with E-state index in [9.17, 15) is 9.59 Å². The van der Waals surface area contributed by atoms with Crippen molar-refractivity contribution in [2.45, 2.75) is 26.2 Å². The van der Waals surface area contributed by atoms with Gasteiger partial charge in [0.1, 0.15) is 5.75 Å². The van der Waals surface area contributed by atoms with Gasteiger partial charge in [-0.2, -0.15) is 0 Å². The van der Waals surface area contributed by atoms with Crippen molar-refractivity contribution < 1.29 is 19.4 Å². The number of hydrogen-bond acceptors (Lipinski definition) is 3. The van der Waals surface area contributed by atoms with Gasteiger partial charge in [-0.15, -0.1) is 12.4 Å². The number of amides is 1. The van der Waals surface area contributed by atoms with Crippen LogP contribution in [0.2, 0.25) is 0 Å². The predicted octanol–water partition coefficient (Wildman–Crippen LogP) is 2.51. The summed E-state index contributed by atoms with van der Waals surface area (Å²) in [6.45, 7) is 3.37. The molecule has 1 fully saturated rings. The van der Waals surface area contributed by atoms with E-state index in [0.29, 0.717) is 39.0 Å². The van der Waals surface area contributed by atoms with Crippen molar-refractivity contribution in [3.63, 3.8) is 0 Å². The number of carboxylic acid groups (broad SMARTS) is 1. The van der Waals surface area contributed by atoms with E-state index in [1.165, 1.54) is 0 Å². The first-order valence-electron chi connectivity index (χ1n) is 7.27. The zero-order valence-corrected chi connectivity index (χ0v) is 13.5. The molecule has 1 unspecified atom stereocenters. The predicted molar refractivity (Wildman–Crippen MR) is 85.5 cm³/mol. The van der Waals surface area contributed by atoms with E-state index < -0.39 is 11.9 Å². The number of para-hydroxylation sites is 1. The number of likely N-dealkylation sites (tertiary alicyclic amines) is 1. The van der Waals surface area contributed by atoms with Crippen molar-refractivity contribution in [2.24, 2.45) is 5.92 Å². The number of carbonyl (C=O) groups is 2. The molecule has 5 nitrogen and oxygen atoms in total. The molecule has 122 valence electrons. The van der Waals surface area contributed by atoms with Crippen LogP contribution >= 0.6 is 12.4 Å². The minimum atomic E-state index is -0.812. The van der Waals surface area contributed by atoms with Crippen LogP contribution in [0, 0.1) is 12.8 Å². The third-order valence-electron chi connectivity index (χ3n) is 3.78. The minimum absolute atomic E-state index is 0. The van der Waals surface area contributed by atoms with E-state index in [2.05, 4.69) is 0 Å². The number of nitrogens with zero attached hydrogens (tertiary/aromatic N) is 1.